The van der Waals surface area contributed by atoms with Gasteiger partial charge in [0.25, 0.3) is 0 Å². The third kappa shape index (κ3) is 6.26. The molecule has 1 unspecified atom stereocenters. The highest BCUT2D eigenvalue weighted by Crippen LogP contribution is 2.62. The Morgan fingerprint density at radius 3 is 1.64 bits per heavy atom. The van der Waals surface area contributed by atoms with Gasteiger partial charge in [0.1, 0.15) is 0 Å². The number of anilines is 3. The van der Waals surface area contributed by atoms with Gasteiger partial charge in [0.2, 0.25) is 0 Å². The minimum atomic E-state index is -0.610. The monoisotopic (exact) mass is 1020 g/mol. The van der Waals surface area contributed by atoms with E-state index in [9.17, 15) is 0 Å². The van der Waals surface area contributed by atoms with Crippen molar-refractivity contribution in [3.05, 3.63) is 320 Å². The Labute approximate surface area is 463 Å². The molecule has 15 aromatic rings. The standard InChI is InChI=1S/C77H49N3/c1-2-22-53(23-3-1)79-72-37-15-11-30-64(72)66-48-52(42-47-74(66)79)50-40-43-54(44-41-50)78(71-36-14-9-28-62(71)59-26-7-6-25-58(59)57-31-18-21-51-20-4-5-24-56(51)57)55-45-46-61-60-27-8-12-33-67(60)77(70(61)49-55)68-34-13-17-39-75(68)80-73-38-16-10-29-63(73)65-32-19-35-69(77)76(65)80/h1-49H. The first-order valence-electron chi connectivity index (χ1n) is 27.8. The lowest BCUT2D eigenvalue weighted by Crippen LogP contribution is -2.33. The van der Waals surface area contributed by atoms with Crippen molar-refractivity contribution in [2.45, 2.75) is 5.41 Å². The fraction of sp³-hybridized carbons (Fsp3) is 0.0130. The van der Waals surface area contributed by atoms with Crippen LogP contribution in [0.1, 0.15) is 22.3 Å². The van der Waals surface area contributed by atoms with Crippen LogP contribution in [0, 0.1) is 0 Å². The van der Waals surface area contributed by atoms with Crippen molar-refractivity contribution in [2.24, 2.45) is 0 Å². The summed E-state index contributed by atoms with van der Waals surface area (Å²) in [6.45, 7) is 0. The van der Waals surface area contributed by atoms with Gasteiger partial charge in [-0.2, -0.15) is 0 Å². The molecule has 1 aliphatic heterocycles. The average molecular weight is 1020 g/mol. The van der Waals surface area contributed by atoms with Gasteiger partial charge in [-0.25, -0.2) is 0 Å². The summed E-state index contributed by atoms with van der Waals surface area (Å²) in [5, 5.41) is 7.48. The summed E-state index contributed by atoms with van der Waals surface area (Å²) in [6.07, 6.45) is 0. The number of hydrogen-bond acceptors (Lipinski definition) is 1. The molecule has 0 N–H and O–H groups in total. The van der Waals surface area contributed by atoms with Crippen LogP contribution in [0.25, 0.3) is 110 Å². The molecule has 0 saturated carbocycles. The van der Waals surface area contributed by atoms with Crippen LogP contribution in [0.4, 0.5) is 17.1 Å². The van der Waals surface area contributed by atoms with Crippen LogP contribution in [0.15, 0.2) is 297 Å². The first kappa shape index (κ1) is 44.6. The van der Waals surface area contributed by atoms with Gasteiger partial charge in [0, 0.05) is 44.2 Å². The molecule has 3 nitrogen and oxygen atoms in total. The van der Waals surface area contributed by atoms with Crippen LogP contribution in [0.2, 0.25) is 0 Å². The van der Waals surface area contributed by atoms with Crippen molar-refractivity contribution in [2.75, 3.05) is 4.90 Å². The molecule has 1 aliphatic carbocycles. The van der Waals surface area contributed by atoms with E-state index < -0.39 is 5.41 Å². The largest absolute Gasteiger partial charge is 0.310 e. The summed E-state index contributed by atoms with van der Waals surface area (Å²) < 4.78 is 4.91. The molecule has 372 valence electrons. The fourth-order valence-corrected chi connectivity index (χ4v) is 14.2. The van der Waals surface area contributed by atoms with E-state index >= 15 is 0 Å². The number of para-hydroxylation sites is 6. The maximum absolute atomic E-state index is 2.53. The van der Waals surface area contributed by atoms with Gasteiger partial charge >= 0.3 is 0 Å². The number of fused-ring (bicyclic) bond motifs is 16. The second-order valence-electron chi connectivity index (χ2n) is 21.5. The van der Waals surface area contributed by atoms with Crippen molar-refractivity contribution in [3.8, 4) is 55.9 Å². The lowest BCUT2D eigenvalue weighted by molar-refractivity contribution is 0.748. The highest BCUT2D eigenvalue weighted by molar-refractivity contribution is 6.14. The summed E-state index contributed by atoms with van der Waals surface area (Å²) in [7, 11) is 0. The van der Waals surface area contributed by atoms with E-state index in [1.165, 1.54) is 116 Å². The van der Waals surface area contributed by atoms with Gasteiger partial charge in [-0.05, 0) is 145 Å². The van der Waals surface area contributed by atoms with Gasteiger partial charge in [-0.1, -0.05) is 224 Å². The minimum absolute atomic E-state index is 0.610. The molecule has 3 heterocycles. The summed E-state index contributed by atoms with van der Waals surface area (Å²) in [5.41, 5.74) is 24.7. The zero-order chi connectivity index (χ0) is 52.5. The van der Waals surface area contributed by atoms with Crippen molar-refractivity contribution in [1.29, 1.82) is 0 Å². The SMILES string of the molecule is c1ccc(-n2c3ccccc3c3cc(-c4ccc(N(c5ccc6c(c5)C5(c7ccccc7-6)c6ccccc6-n6c7ccccc7c7cccc5c76)c5ccccc5-c5ccccc5-c5cccc6ccccc56)cc4)ccc32)cc1. The molecule has 17 rings (SSSR count). The number of rotatable bonds is 7. The van der Waals surface area contributed by atoms with E-state index in [1.807, 2.05) is 0 Å². The third-order valence-corrected chi connectivity index (χ3v) is 17.5. The molecule has 0 saturated heterocycles. The quantitative estimate of drug-likeness (QED) is 0.155. The Kier molecular flexibility index (Phi) is 9.63. The second-order valence-corrected chi connectivity index (χ2v) is 21.5. The molecule has 13 aromatic carbocycles. The molecule has 0 amide bonds. The lowest BCUT2D eigenvalue weighted by Gasteiger charge is -2.40. The summed E-state index contributed by atoms with van der Waals surface area (Å²) in [4.78, 5) is 2.51. The minimum Gasteiger partial charge on any atom is -0.310 e. The Hall–Kier alpha value is -10.5. The fourth-order valence-electron chi connectivity index (χ4n) is 14.2. The van der Waals surface area contributed by atoms with Gasteiger partial charge < -0.3 is 14.0 Å². The summed E-state index contributed by atoms with van der Waals surface area (Å²) >= 11 is 0. The topological polar surface area (TPSA) is 13.1 Å². The molecule has 0 radical (unpaired) electrons. The Bertz CT molecular complexity index is 5010. The van der Waals surface area contributed by atoms with Gasteiger partial charge in [-0.3, -0.25) is 0 Å². The Morgan fingerprint density at radius 1 is 0.275 bits per heavy atom. The van der Waals surface area contributed by atoms with Crippen LogP contribution in [0.3, 0.4) is 0 Å². The van der Waals surface area contributed by atoms with Crippen molar-refractivity contribution in [3.63, 3.8) is 0 Å². The van der Waals surface area contributed by atoms with Crippen molar-refractivity contribution >= 4 is 71.4 Å². The maximum Gasteiger partial charge on any atom is 0.0755 e. The molecule has 1 spiro atoms. The first-order valence-corrected chi connectivity index (χ1v) is 27.8. The number of benzene rings is 13. The number of nitrogens with zero attached hydrogens (tertiary/aromatic N) is 3. The van der Waals surface area contributed by atoms with Crippen LogP contribution in [-0.4, -0.2) is 9.13 Å². The summed E-state index contributed by atoms with van der Waals surface area (Å²) in [6, 6.07) is 111. The summed E-state index contributed by atoms with van der Waals surface area (Å²) in [5.74, 6) is 0. The lowest BCUT2D eigenvalue weighted by atomic mass is 9.65. The van der Waals surface area contributed by atoms with E-state index in [0.29, 0.717) is 0 Å². The van der Waals surface area contributed by atoms with Crippen molar-refractivity contribution in [1.82, 2.24) is 9.13 Å². The van der Waals surface area contributed by atoms with E-state index in [-0.39, 0.29) is 0 Å². The van der Waals surface area contributed by atoms with Crippen molar-refractivity contribution < 1.29 is 0 Å². The zero-order valence-electron chi connectivity index (χ0n) is 43.6. The average Bonchev–Trinajstić information content (AvgIpc) is 4.30. The number of hydrogen-bond donors (Lipinski definition) is 0. The normalized spacial score (nSPS) is 14.1. The predicted octanol–water partition coefficient (Wildman–Crippen LogP) is 20.2. The molecule has 0 fully saturated rings. The van der Waals surface area contributed by atoms with Gasteiger partial charge in [0.15, 0.2) is 0 Å². The first-order chi connectivity index (χ1) is 39.7. The smallest absolute Gasteiger partial charge is 0.0755 e. The highest BCUT2D eigenvalue weighted by atomic mass is 15.1. The number of aromatic nitrogens is 2. The Balaban J connectivity index is 0.895. The maximum atomic E-state index is 2.53. The molecular formula is C77H49N3. The molecule has 80 heavy (non-hydrogen) atoms. The second kappa shape index (κ2) is 17.3. The molecule has 3 heteroatoms. The van der Waals surface area contributed by atoms with E-state index in [4.69, 9.17) is 0 Å². The molecular weight excluding hydrogens is 967 g/mol. The van der Waals surface area contributed by atoms with E-state index in [1.54, 1.807) is 0 Å². The molecule has 2 aromatic heterocycles. The zero-order valence-corrected chi connectivity index (χ0v) is 43.6. The molecule has 2 aliphatic rings. The highest BCUT2D eigenvalue weighted by Gasteiger charge is 2.51. The molecule has 0 bridgehead atoms. The van der Waals surface area contributed by atoms with E-state index in [0.717, 1.165) is 33.9 Å². The Morgan fingerprint density at radius 2 is 0.812 bits per heavy atom. The van der Waals surface area contributed by atoms with Gasteiger partial charge in [-0.15, -0.1) is 0 Å². The van der Waals surface area contributed by atoms with E-state index in [2.05, 4.69) is 311 Å². The van der Waals surface area contributed by atoms with Crippen LogP contribution >= 0.6 is 0 Å². The molecule has 1 atom stereocenters. The predicted molar refractivity (Wildman–Crippen MR) is 334 cm³/mol. The van der Waals surface area contributed by atoms with Gasteiger partial charge in [0.05, 0.1) is 38.9 Å². The third-order valence-electron chi connectivity index (χ3n) is 17.5. The van der Waals surface area contributed by atoms with Crippen LogP contribution in [-0.2, 0) is 5.41 Å². The van der Waals surface area contributed by atoms with Crippen LogP contribution in [0.5, 0.6) is 0 Å². The van der Waals surface area contributed by atoms with Crippen LogP contribution < -0.4 is 4.90 Å².